The number of amidine groups is 1. The number of carbonyl (C=O) groups is 2. The highest BCUT2D eigenvalue weighted by Gasteiger charge is 2.12. The molecule has 1 aromatic rings. The summed E-state index contributed by atoms with van der Waals surface area (Å²) in [7, 11) is 0. The van der Waals surface area contributed by atoms with Crippen LogP contribution in [0.15, 0.2) is 50.0 Å². The molecule has 0 saturated carbocycles. The number of imidazole rings is 1. The molecule has 1 rings (SSSR count). The van der Waals surface area contributed by atoms with Crippen molar-refractivity contribution in [2.24, 2.45) is 0 Å². The van der Waals surface area contributed by atoms with Gasteiger partial charge in [0.25, 0.3) is 11.8 Å². The van der Waals surface area contributed by atoms with Gasteiger partial charge in [-0.3, -0.25) is 24.5 Å². The standard InChI is InChI=1S/C19H26N4O5/c1-4-8-22(18(24)5-2)16(20)14-27-12-10-26-11-13-28-15-17-21-7-9-23(17)19(25)6-3/h4-9,20H,2-3,10-15H2,1H3/b8-4-,20-16?. The minimum Gasteiger partial charge on any atom is -0.377 e. The first-order valence-corrected chi connectivity index (χ1v) is 8.63. The van der Waals surface area contributed by atoms with Crippen LogP contribution in [0.4, 0.5) is 0 Å². The Morgan fingerprint density at radius 3 is 2.50 bits per heavy atom. The molecule has 0 bridgehead atoms. The Labute approximate surface area is 164 Å². The van der Waals surface area contributed by atoms with E-state index in [1.165, 1.54) is 23.0 Å². The van der Waals surface area contributed by atoms with Gasteiger partial charge in [0, 0.05) is 18.6 Å². The monoisotopic (exact) mass is 390 g/mol. The van der Waals surface area contributed by atoms with Gasteiger partial charge in [0.15, 0.2) is 0 Å². The Morgan fingerprint density at radius 1 is 1.18 bits per heavy atom. The molecular formula is C19H26N4O5. The van der Waals surface area contributed by atoms with Crippen LogP contribution in [0.2, 0.25) is 0 Å². The van der Waals surface area contributed by atoms with Crippen molar-refractivity contribution in [1.82, 2.24) is 14.5 Å². The zero-order chi connectivity index (χ0) is 20.8. The van der Waals surface area contributed by atoms with Gasteiger partial charge in [-0.05, 0) is 19.1 Å². The number of allylic oxidation sites excluding steroid dienone is 2. The fourth-order valence-electron chi connectivity index (χ4n) is 2.02. The second kappa shape index (κ2) is 13.3. The van der Waals surface area contributed by atoms with Crippen LogP contribution in [0, 0.1) is 5.41 Å². The van der Waals surface area contributed by atoms with E-state index in [0.717, 1.165) is 11.0 Å². The van der Waals surface area contributed by atoms with Crippen LogP contribution in [-0.2, 0) is 25.6 Å². The van der Waals surface area contributed by atoms with Gasteiger partial charge >= 0.3 is 0 Å². The molecule has 28 heavy (non-hydrogen) atoms. The lowest BCUT2D eigenvalue weighted by molar-refractivity contribution is -0.120. The van der Waals surface area contributed by atoms with E-state index in [9.17, 15) is 9.59 Å². The summed E-state index contributed by atoms with van der Waals surface area (Å²) in [5, 5.41) is 7.87. The SMILES string of the molecule is C=CC(=O)N(/C=C\C)C(=N)COCCOCCOCc1nccn1C(=O)C=C. The van der Waals surface area contributed by atoms with Crippen molar-refractivity contribution in [1.29, 1.82) is 5.41 Å². The first-order chi connectivity index (χ1) is 13.5. The van der Waals surface area contributed by atoms with E-state index < -0.39 is 5.91 Å². The highest BCUT2D eigenvalue weighted by Crippen LogP contribution is 2.00. The van der Waals surface area contributed by atoms with Crippen LogP contribution in [0.3, 0.4) is 0 Å². The number of hydrogen-bond acceptors (Lipinski definition) is 7. The van der Waals surface area contributed by atoms with Gasteiger partial charge in [-0.2, -0.15) is 0 Å². The van der Waals surface area contributed by atoms with Gasteiger partial charge in [0.2, 0.25) is 0 Å². The predicted octanol–water partition coefficient (Wildman–Crippen LogP) is 1.78. The number of hydrogen-bond donors (Lipinski definition) is 1. The second-order valence-electron chi connectivity index (χ2n) is 5.31. The first kappa shape index (κ1) is 23.2. The Balaban J connectivity index is 2.14. The van der Waals surface area contributed by atoms with Gasteiger partial charge in [-0.25, -0.2) is 4.98 Å². The van der Waals surface area contributed by atoms with Crippen molar-refractivity contribution < 1.29 is 23.8 Å². The topological polar surface area (TPSA) is 107 Å². The quantitative estimate of drug-likeness (QED) is 0.238. The molecule has 1 heterocycles. The maximum absolute atomic E-state index is 11.6. The van der Waals surface area contributed by atoms with Gasteiger partial charge < -0.3 is 14.2 Å². The fraction of sp³-hybridized carbons (Fsp3) is 0.368. The molecule has 0 atom stereocenters. The molecule has 0 aliphatic heterocycles. The summed E-state index contributed by atoms with van der Waals surface area (Å²) in [6, 6.07) is 0. The van der Waals surface area contributed by atoms with E-state index >= 15 is 0 Å². The number of nitrogens with one attached hydrogen (secondary N) is 1. The normalized spacial score (nSPS) is 10.8. The van der Waals surface area contributed by atoms with Gasteiger partial charge in [-0.15, -0.1) is 0 Å². The molecule has 0 unspecified atom stereocenters. The number of ether oxygens (including phenoxy) is 3. The van der Waals surface area contributed by atoms with E-state index in [-0.39, 0.29) is 31.6 Å². The zero-order valence-electron chi connectivity index (χ0n) is 16.0. The van der Waals surface area contributed by atoms with E-state index in [1.54, 1.807) is 19.2 Å². The van der Waals surface area contributed by atoms with Crippen LogP contribution >= 0.6 is 0 Å². The predicted molar refractivity (Wildman–Crippen MR) is 104 cm³/mol. The third-order valence-electron chi connectivity index (χ3n) is 3.34. The molecule has 0 aromatic carbocycles. The number of rotatable bonds is 13. The van der Waals surface area contributed by atoms with Crippen molar-refractivity contribution in [2.75, 3.05) is 33.0 Å². The fourth-order valence-corrected chi connectivity index (χ4v) is 2.02. The van der Waals surface area contributed by atoms with Crippen LogP contribution in [0.5, 0.6) is 0 Å². The van der Waals surface area contributed by atoms with E-state index in [2.05, 4.69) is 18.1 Å². The Morgan fingerprint density at radius 2 is 1.86 bits per heavy atom. The molecule has 0 saturated heterocycles. The molecular weight excluding hydrogens is 364 g/mol. The van der Waals surface area contributed by atoms with Crippen LogP contribution in [0.1, 0.15) is 17.5 Å². The number of nitrogens with zero attached hydrogens (tertiary/aromatic N) is 3. The van der Waals surface area contributed by atoms with Crippen LogP contribution in [0.25, 0.3) is 0 Å². The summed E-state index contributed by atoms with van der Waals surface area (Å²) >= 11 is 0. The average Bonchev–Trinajstić information content (AvgIpc) is 3.17. The van der Waals surface area contributed by atoms with Crippen LogP contribution in [-0.4, -0.2) is 65.1 Å². The molecule has 9 nitrogen and oxygen atoms in total. The zero-order valence-corrected chi connectivity index (χ0v) is 16.0. The molecule has 152 valence electrons. The lowest BCUT2D eigenvalue weighted by Crippen LogP contribution is -2.33. The summed E-state index contributed by atoms with van der Waals surface area (Å²) in [4.78, 5) is 28.4. The molecule has 0 aliphatic carbocycles. The third-order valence-corrected chi connectivity index (χ3v) is 3.34. The van der Waals surface area contributed by atoms with Gasteiger partial charge in [-0.1, -0.05) is 19.2 Å². The lowest BCUT2D eigenvalue weighted by Gasteiger charge is -2.17. The van der Waals surface area contributed by atoms with Crippen molar-refractivity contribution in [2.45, 2.75) is 13.5 Å². The van der Waals surface area contributed by atoms with Gasteiger partial charge in [0.1, 0.15) is 24.9 Å². The number of carbonyl (C=O) groups excluding carboxylic acids is 2. The molecule has 0 spiro atoms. The highest BCUT2D eigenvalue weighted by atomic mass is 16.5. The smallest absolute Gasteiger partial charge is 0.255 e. The van der Waals surface area contributed by atoms with E-state index in [1.807, 2.05) is 0 Å². The first-order valence-electron chi connectivity index (χ1n) is 8.63. The summed E-state index contributed by atoms with van der Waals surface area (Å²) in [5.74, 6) is -0.157. The van der Waals surface area contributed by atoms with Crippen molar-refractivity contribution >= 4 is 17.6 Å². The Bertz CT molecular complexity index is 711. The largest absolute Gasteiger partial charge is 0.377 e. The maximum Gasteiger partial charge on any atom is 0.255 e. The average molecular weight is 390 g/mol. The molecule has 0 aliphatic rings. The molecule has 1 N–H and O–H groups in total. The minimum absolute atomic E-state index is 0.0101. The number of amides is 1. The molecule has 0 fully saturated rings. The highest BCUT2D eigenvalue weighted by molar-refractivity contribution is 6.03. The van der Waals surface area contributed by atoms with Crippen molar-refractivity contribution in [3.63, 3.8) is 0 Å². The maximum atomic E-state index is 11.6. The van der Waals surface area contributed by atoms with Crippen molar-refractivity contribution in [3.05, 3.63) is 55.8 Å². The lowest BCUT2D eigenvalue weighted by atomic mass is 10.4. The number of aromatic nitrogens is 2. The summed E-state index contributed by atoms with van der Waals surface area (Å²) < 4.78 is 17.5. The van der Waals surface area contributed by atoms with E-state index in [4.69, 9.17) is 19.6 Å². The summed E-state index contributed by atoms with van der Waals surface area (Å²) in [5.41, 5.74) is 0. The summed E-state index contributed by atoms with van der Waals surface area (Å²) in [6.07, 6.45) is 8.55. The van der Waals surface area contributed by atoms with E-state index in [0.29, 0.717) is 25.6 Å². The van der Waals surface area contributed by atoms with Crippen molar-refractivity contribution in [3.8, 4) is 0 Å². The third kappa shape index (κ3) is 7.78. The Kier molecular flexibility index (Phi) is 11.0. The molecule has 1 amide bonds. The summed E-state index contributed by atoms with van der Waals surface area (Å²) in [6.45, 7) is 10.0. The second-order valence-corrected chi connectivity index (χ2v) is 5.31. The van der Waals surface area contributed by atoms with Gasteiger partial charge in [0.05, 0.1) is 26.4 Å². The Hall–Kier alpha value is -2.88. The minimum atomic E-state index is -0.393. The molecule has 1 aromatic heterocycles. The molecule has 0 radical (unpaired) electrons. The molecule has 9 heteroatoms. The van der Waals surface area contributed by atoms with Crippen LogP contribution < -0.4 is 0 Å².